The zero-order valence-corrected chi connectivity index (χ0v) is 12.4. The smallest absolute Gasteiger partial charge is 0.243 e. The quantitative estimate of drug-likeness (QED) is 0.895. The summed E-state index contributed by atoms with van der Waals surface area (Å²) in [6.07, 6.45) is 2.05. The molecule has 4 rings (SSSR count). The van der Waals surface area contributed by atoms with Crippen molar-refractivity contribution in [1.82, 2.24) is 9.62 Å². The molecule has 3 heterocycles. The lowest BCUT2D eigenvalue weighted by Gasteiger charge is -2.24. The summed E-state index contributed by atoms with van der Waals surface area (Å²) in [5.74, 6) is 1.04. The van der Waals surface area contributed by atoms with Crippen LogP contribution in [-0.4, -0.2) is 37.9 Å². The van der Waals surface area contributed by atoms with Gasteiger partial charge in [0.1, 0.15) is 0 Å². The van der Waals surface area contributed by atoms with Crippen LogP contribution in [0.15, 0.2) is 29.2 Å². The van der Waals surface area contributed by atoms with Crippen molar-refractivity contribution in [2.24, 2.45) is 11.8 Å². The molecule has 108 valence electrons. The number of sulfonamides is 1. The molecule has 2 bridgehead atoms. The second-order valence-electron chi connectivity index (χ2n) is 6.35. The third-order valence-corrected chi connectivity index (χ3v) is 7.22. The van der Waals surface area contributed by atoms with E-state index in [1.807, 2.05) is 23.4 Å². The molecule has 0 unspecified atom stereocenters. The largest absolute Gasteiger partial charge is 0.316 e. The molecule has 0 amide bonds. The summed E-state index contributed by atoms with van der Waals surface area (Å²) in [6.45, 7) is 3.90. The highest BCUT2D eigenvalue weighted by molar-refractivity contribution is 7.89. The molecule has 4 atom stereocenters. The maximum Gasteiger partial charge on any atom is 0.243 e. The van der Waals surface area contributed by atoms with Crippen molar-refractivity contribution in [1.29, 1.82) is 0 Å². The van der Waals surface area contributed by atoms with Crippen molar-refractivity contribution in [2.75, 3.05) is 13.1 Å². The summed E-state index contributed by atoms with van der Waals surface area (Å²) in [6, 6.07) is 7.73. The maximum absolute atomic E-state index is 13.0. The molecule has 3 saturated heterocycles. The number of rotatable bonds is 2. The third kappa shape index (κ3) is 1.63. The number of hydrogen-bond acceptors (Lipinski definition) is 3. The maximum atomic E-state index is 13.0. The Hall–Kier alpha value is -0.910. The predicted octanol–water partition coefficient (Wildman–Crippen LogP) is 1.37. The van der Waals surface area contributed by atoms with Gasteiger partial charge in [-0.2, -0.15) is 4.31 Å². The first-order valence-electron chi connectivity index (χ1n) is 7.40. The van der Waals surface area contributed by atoms with E-state index < -0.39 is 10.0 Å². The Labute approximate surface area is 120 Å². The van der Waals surface area contributed by atoms with Gasteiger partial charge >= 0.3 is 0 Å². The predicted molar refractivity (Wildman–Crippen MR) is 76.9 cm³/mol. The van der Waals surface area contributed by atoms with E-state index in [0.29, 0.717) is 16.7 Å². The standard InChI is InChI=1S/C15H20N2O2S/c1-10-3-2-4-11(7-10)20(18,19)17-14-5-6-15(17)13-9-16-8-12(13)14/h2-4,7,12-16H,5-6,8-9H2,1H3/t12-,13+,14-,15+. The van der Waals surface area contributed by atoms with Crippen LogP contribution in [-0.2, 0) is 10.0 Å². The Morgan fingerprint density at radius 2 is 1.80 bits per heavy atom. The summed E-state index contributed by atoms with van der Waals surface area (Å²) in [4.78, 5) is 0.460. The van der Waals surface area contributed by atoms with Gasteiger partial charge in [0.15, 0.2) is 0 Å². The van der Waals surface area contributed by atoms with Gasteiger partial charge in [0, 0.05) is 12.1 Å². The summed E-state index contributed by atoms with van der Waals surface area (Å²) in [7, 11) is -3.33. The molecule has 0 radical (unpaired) electrons. The summed E-state index contributed by atoms with van der Waals surface area (Å²) >= 11 is 0. The molecule has 3 aliphatic heterocycles. The fourth-order valence-corrected chi connectivity index (χ4v) is 6.53. The van der Waals surface area contributed by atoms with E-state index in [0.717, 1.165) is 31.5 Å². The second kappa shape index (κ2) is 4.29. The van der Waals surface area contributed by atoms with Gasteiger partial charge in [-0.1, -0.05) is 12.1 Å². The van der Waals surface area contributed by atoms with Crippen LogP contribution in [0.5, 0.6) is 0 Å². The van der Waals surface area contributed by atoms with E-state index in [9.17, 15) is 8.42 Å². The highest BCUT2D eigenvalue weighted by Gasteiger charge is 2.58. The lowest BCUT2D eigenvalue weighted by molar-refractivity contribution is 0.354. The summed E-state index contributed by atoms with van der Waals surface area (Å²) < 4.78 is 27.8. The molecule has 1 aromatic rings. The Balaban J connectivity index is 1.75. The van der Waals surface area contributed by atoms with E-state index in [1.165, 1.54) is 0 Å². The molecule has 5 heteroatoms. The molecule has 0 spiro atoms. The number of nitrogens with one attached hydrogen (secondary N) is 1. The molecule has 20 heavy (non-hydrogen) atoms. The molecule has 4 nitrogen and oxygen atoms in total. The monoisotopic (exact) mass is 292 g/mol. The summed E-state index contributed by atoms with van der Waals surface area (Å²) in [5.41, 5.74) is 1.000. The molecule has 3 aliphatic rings. The first-order chi connectivity index (χ1) is 9.59. The van der Waals surface area contributed by atoms with Crippen molar-refractivity contribution in [3.8, 4) is 0 Å². The molecule has 1 N–H and O–H groups in total. The number of aryl methyl sites for hydroxylation is 1. The van der Waals surface area contributed by atoms with Gasteiger partial charge in [0.05, 0.1) is 4.90 Å². The third-order valence-electron chi connectivity index (χ3n) is 5.28. The molecule has 0 aromatic heterocycles. The molecule has 0 aliphatic carbocycles. The fraction of sp³-hybridized carbons (Fsp3) is 0.600. The highest BCUT2D eigenvalue weighted by atomic mass is 32.2. The van der Waals surface area contributed by atoms with Crippen LogP contribution in [0.4, 0.5) is 0 Å². The molecular formula is C15H20N2O2S. The number of fused-ring (bicyclic) bond motifs is 5. The van der Waals surface area contributed by atoms with Crippen molar-refractivity contribution < 1.29 is 8.42 Å². The van der Waals surface area contributed by atoms with Crippen molar-refractivity contribution in [3.05, 3.63) is 29.8 Å². The first-order valence-corrected chi connectivity index (χ1v) is 8.84. The minimum atomic E-state index is -3.33. The minimum Gasteiger partial charge on any atom is -0.316 e. The van der Waals surface area contributed by atoms with Gasteiger partial charge in [-0.15, -0.1) is 0 Å². The van der Waals surface area contributed by atoms with Crippen molar-refractivity contribution in [3.63, 3.8) is 0 Å². The molecule has 3 fully saturated rings. The molecule has 1 aromatic carbocycles. The van der Waals surface area contributed by atoms with Gasteiger partial charge in [-0.05, 0) is 62.4 Å². The first kappa shape index (κ1) is 12.8. The molecule has 0 saturated carbocycles. The van der Waals surface area contributed by atoms with Crippen LogP contribution in [0, 0.1) is 18.8 Å². The zero-order valence-electron chi connectivity index (χ0n) is 11.6. The van der Waals surface area contributed by atoms with Crippen molar-refractivity contribution >= 4 is 10.0 Å². The van der Waals surface area contributed by atoms with E-state index in [2.05, 4.69) is 5.32 Å². The highest BCUT2D eigenvalue weighted by Crippen LogP contribution is 2.49. The Kier molecular flexibility index (Phi) is 2.75. The van der Waals surface area contributed by atoms with Gasteiger partial charge in [-0.25, -0.2) is 8.42 Å². The Morgan fingerprint density at radius 1 is 1.15 bits per heavy atom. The second-order valence-corrected chi connectivity index (χ2v) is 8.19. The van der Waals surface area contributed by atoms with E-state index in [1.54, 1.807) is 12.1 Å². The van der Waals surface area contributed by atoms with E-state index >= 15 is 0 Å². The van der Waals surface area contributed by atoms with Crippen LogP contribution in [0.1, 0.15) is 18.4 Å². The number of hydrogen-bond donors (Lipinski definition) is 1. The van der Waals surface area contributed by atoms with Crippen LogP contribution >= 0.6 is 0 Å². The minimum absolute atomic E-state index is 0.213. The normalized spacial score (nSPS) is 36.5. The van der Waals surface area contributed by atoms with E-state index in [4.69, 9.17) is 0 Å². The Bertz CT molecular complexity index is 625. The Morgan fingerprint density at radius 3 is 2.40 bits per heavy atom. The average molecular weight is 292 g/mol. The van der Waals surface area contributed by atoms with Gasteiger partial charge in [-0.3, -0.25) is 0 Å². The topological polar surface area (TPSA) is 49.4 Å². The molecular weight excluding hydrogens is 272 g/mol. The fourth-order valence-electron chi connectivity index (χ4n) is 4.46. The van der Waals surface area contributed by atoms with Crippen LogP contribution in [0.3, 0.4) is 0 Å². The van der Waals surface area contributed by atoms with Gasteiger partial charge in [0.25, 0.3) is 0 Å². The van der Waals surface area contributed by atoms with Crippen molar-refractivity contribution in [2.45, 2.75) is 36.7 Å². The summed E-state index contributed by atoms with van der Waals surface area (Å²) in [5, 5.41) is 3.42. The number of benzene rings is 1. The SMILES string of the molecule is Cc1cccc(S(=O)(=O)N2[C@@H]3CC[C@H]2[C@H]2CNC[C@H]23)c1. The van der Waals surface area contributed by atoms with Gasteiger partial charge in [0.2, 0.25) is 10.0 Å². The van der Waals surface area contributed by atoms with E-state index in [-0.39, 0.29) is 12.1 Å². The van der Waals surface area contributed by atoms with Crippen LogP contribution in [0.2, 0.25) is 0 Å². The van der Waals surface area contributed by atoms with Crippen LogP contribution in [0.25, 0.3) is 0 Å². The zero-order chi connectivity index (χ0) is 13.9. The lowest BCUT2D eigenvalue weighted by atomic mass is 9.82. The average Bonchev–Trinajstić information content (AvgIpc) is 3.10. The van der Waals surface area contributed by atoms with Crippen LogP contribution < -0.4 is 5.32 Å². The number of nitrogens with zero attached hydrogens (tertiary/aromatic N) is 1. The lowest BCUT2D eigenvalue weighted by Crippen LogP contribution is -2.39. The van der Waals surface area contributed by atoms with Gasteiger partial charge < -0.3 is 5.32 Å².